The molecular formula is C17H11N7O3. The number of hydrogen-bond acceptors (Lipinski definition) is 8. The van der Waals surface area contributed by atoms with Crippen LogP contribution < -0.4 is 11.2 Å². The Balaban J connectivity index is 1.64. The first-order chi connectivity index (χ1) is 13.1. The number of nitrogens with zero attached hydrogens (tertiary/aromatic N) is 5. The van der Waals surface area contributed by atoms with E-state index in [1.807, 2.05) is 17.1 Å². The second kappa shape index (κ2) is 6.59. The Morgan fingerprint density at radius 2 is 1.85 bits per heavy atom. The summed E-state index contributed by atoms with van der Waals surface area (Å²) in [5.74, 6) is 0.0202. The minimum Gasteiger partial charge on any atom is -0.494 e. The summed E-state index contributed by atoms with van der Waals surface area (Å²) in [7, 11) is 0. The molecule has 0 amide bonds. The van der Waals surface area contributed by atoms with E-state index in [-0.39, 0.29) is 5.56 Å². The number of imidazole rings is 1. The van der Waals surface area contributed by atoms with E-state index in [2.05, 4.69) is 30.1 Å². The van der Waals surface area contributed by atoms with Crippen LogP contribution in [0.25, 0.3) is 22.6 Å². The molecule has 4 aromatic rings. The maximum absolute atomic E-state index is 11.7. The number of fused-ring (bicyclic) bond motifs is 1. The van der Waals surface area contributed by atoms with E-state index in [0.29, 0.717) is 17.2 Å². The number of aromatic amines is 2. The number of nitrogens with one attached hydrogen (secondary N) is 2. The Morgan fingerprint density at radius 1 is 1.04 bits per heavy atom. The van der Waals surface area contributed by atoms with Crippen LogP contribution in [0, 0.1) is 0 Å². The average Bonchev–Trinajstić information content (AvgIpc) is 3.06. The van der Waals surface area contributed by atoms with Crippen molar-refractivity contribution in [2.75, 3.05) is 0 Å². The fourth-order valence-corrected chi connectivity index (χ4v) is 2.38. The first-order valence-corrected chi connectivity index (χ1v) is 7.76. The zero-order chi connectivity index (χ0) is 18.8. The Morgan fingerprint density at radius 3 is 2.63 bits per heavy atom. The fourth-order valence-electron chi connectivity index (χ4n) is 2.38. The van der Waals surface area contributed by atoms with Gasteiger partial charge in [0.05, 0.1) is 11.2 Å². The molecule has 3 N–H and O–H groups in total. The standard InChI is InChI=1S/C17H11N7O3/c25-15-11(16(26)23-24-17(27)22-15)8-19-10-5-3-9(4-6-10)13-20-12-2-1-7-18-14(12)21-13/h1-8,25H,(H,22,27)(H,18,20,21). The highest BCUT2D eigenvalue weighted by Gasteiger charge is 2.07. The third-order valence-electron chi connectivity index (χ3n) is 3.68. The molecule has 0 bridgehead atoms. The second-order valence-corrected chi connectivity index (χ2v) is 5.46. The van der Waals surface area contributed by atoms with Gasteiger partial charge in [0, 0.05) is 18.0 Å². The topological polar surface area (TPSA) is 150 Å². The first-order valence-electron chi connectivity index (χ1n) is 7.76. The first kappa shape index (κ1) is 16.3. The normalized spacial score (nSPS) is 11.3. The van der Waals surface area contributed by atoms with Crippen molar-refractivity contribution in [2.45, 2.75) is 0 Å². The number of hydrogen-bond donors (Lipinski definition) is 3. The third-order valence-corrected chi connectivity index (χ3v) is 3.68. The van der Waals surface area contributed by atoms with Crippen LogP contribution in [-0.2, 0) is 0 Å². The summed E-state index contributed by atoms with van der Waals surface area (Å²) < 4.78 is 0. The zero-order valence-corrected chi connectivity index (χ0v) is 13.6. The molecule has 0 saturated heterocycles. The van der Waals surface area contributed by atoms with Crippen molar-refractivity contribution < 1.29 is 5.11 Å². The molecule has 0 atom stereocenters. The largest absolute Gasteiger partial charge is 0.494 e. The second-order valence-electron chi connectivity index (χ2n) is 5.46. The van der Waals surface area contributed by atoms with Gasteiger partial charge in [-0.05, 0) is 36.4 Å². The van der Waals surface area contributed by atoms with Crippen molar-refractivity contribution in [3.8, 4) is 17.3 Å². The van der Waals surface area contributed by atoms with Crippen LogP contribution in [-0.4, -0.2) is 41.5 Å². The van der Waals surface area contributed by atoms with Gasteiger partial charge in [-0.2, -0.15) is 0 Å². The monoisotopic (exact) mass is 361 g/mol. The summed E-state index contributed by atoms with van der Waals surface area (Å²) in [6, 6.07) is 10.7. The maximum Gasteiger partial charge on any atom is 0.366 e. The Labute approximate surface area is 150 Å². The van der Waals surface area contributed by atoms with Crippen LogP contribution in [0.4, 0.5) is 5.69 Å². The summed E-state index contributed by atoms with van der Waals surface area (Å²) in [6.45, 7) is 0. The molecule has 3 aromatic heterocycles. The Bertz CT molecular complexity index is 1240. The Kier molecular flexibility index (Phi) is 3.97. The third kappa shape index (κ3) is 3.31. The lowest BCUT2D eigenvalue weighted by Crippen LogP contribution is -2.12. The van der Waals surface area contributed by atoms with Crippen molar-refractivity contribution >= 4 is 23.1 Å². The SMILES string of the molecule is O=c1nnc(=O)c(C=Nc2ccc(-c3nc4ncccc4[nH]3)cc2)c(O)[nH]1. The van der Waals surface area contributed by atoms with Gasteiger partial charge in [-0.1, -0.05) is 5.10 Å². The molecular weight excluding hydrogens is 350 g/mol. The van der Waals surface area contributed by atoms with Gasteiger partial charge in [0.1, 0.15) is 11.4 Å². The smallest absolute Gasteiger partial charge is 0.366 e. The van der Waals surface area contributed by atoms with Crippen LogP contribution in [0.5, 0.6) is 5.88 Å². The minimum absolute atomic E-state index is 0.267. The van der Waals surface area contributed by atoms with Gasteiger partial charge >= 0.3 is 11.2 Å². The van der Waals surface area contributed by atoms with E-state index < -0.39 is 17.1 Å². The highest BCUT2D eigenvalue weighted by molar-refractivity contribution is 5.84. The summed E-state index contributed by atoms with van der Waals surface area (Å²) in [4.78, 5) is 40.8. The van der Waals surface area contributed by atoms with E-state index in [0.717, 1.165) is 17.3 Å². The molecule has 4 rings (SSSR count). The Hall–Kier alpha value is -4.21. The van der Waals surface area contributed by atoms with Gasteiger partial charge in [0.25, 0.3) is 0 Å². The quantitative estimate of drug-likeness (QED) is 0.459. The molecule has 10 nitrogen and oxygen atoms in total. The molecule has 0 radical (unpaired) electrons. The molecule has 0 unspecified atom stereocenters. The van der Waals surface area contributed by atoms with E-state index in [4.69, 9.17) is 0 Å². The van der Waals surface area contributed by atoms with Gasteiger partial charge in [-0.15, -0.1) is 5.10 Å². The average molecular weight is 361 g/mol. The molecule has 27 heavy (non-hydrogen) atoms. The van der Waals surface area contributed by atoms with Crippen molar-refractivity contribution in [1.82, 2.24) is 30.1 Å². The van der Waals surface area contributed by atoms with Gasteiger partial charge in [0.2, 0.25) is 5.88 Å². The maximum atomic E-state index is 11.7. The lowest BCUT2D eigenvalue weighted by atomic mass is 10.2. The zero-order valence-electron chi connectivity index (χ0n) is 13.6. The lowest BCUT2D eigenvalue weighted by molar-refractivity contribution is 0.451. The molecule has 0 aliphatic carbocycles. The molecule has 1 aromatic carbocycles. The van der Waals surface area contributed by atoms with Crippen LogP contribution >= 0.6 is 0 Å². The molecule has 0 aliphatic heterocycles. The van der Waals surface area contributed by atoms with Crippen LogP contribution in [0.15, 0.2) is 57.2 Å². The van der Waals surface area contributed by atoms with Gasteiger partial charge < -0.3 is 10.1 Å². The lowest BCUT2D eigenvalue weighted by Gasteiger charge is -1.98. The van der Waals surface area contributed by atoms with Crippen molar-refractivity contribution in [3.05, 3.63) is 69.0 Å². The number of aliphatic imine (C=N–C) groups is 1. The van der Waals surface area contributed by atoms with E-state index in [9.17, 15) is 14.7 Å². The molecule has 0 saturated carbocycles. The predicted molar refractivity (Wildman–Crippen MR) is 97.2 cm³/mol. The van der Waals surface area contributed by atoms with E-state index in [1.165, 1.54) is 0 Å². The van der Waals surface area contributed by atoms with Crippen LogP contribution in [0.2, 0.25) is 0 Å². The van der Waals surface area contributed by atoms with E-state index in [1.54, 1.807) is 30.5 Å². The minimum atomic E-state index is -0.936. The van der Waals surface area contributed by atoms with Crippen molar-refractivity contribution in [2.24, 2.45) is 4.99 Å². The molecule has 0 spiro atoms. The van der Waals surface area contributed by atoms with Crippen LogP contribution in [0.1, 0.15) is 5.56 Å². The fraction of sp³-hybridized carbons (Fsp3) is 0. The number of benzene rings is 1. The number of aromatic hydroxyl groups is 1. The number of aromatic nitrogens is 6. The molecule has 0 aliphatic rings. The number of pyridine rings is 1. The molecule has 132 valence electrons. The number of H-pyrrole nitrogens is 2. The summed E-state index contributed by atoms with van der Waals surface area (Å²) >= 11 is 0. The van der Waals surface area contributed by atoms with Crippen molar-refractivity contribution in [3.63, 3.8) is 0 Å². The van der Waals surface area contributed by atoms with E-state index >= 15 is 0 Å². The highest BCUT2D eigenvalue weighted by Crippen LogP contribution is 2.22. The summed E-state index contributed by atoms with van der Waals surface area (Å²) in [6.07, 6.45) is 2.79. The molecule has 0 fully saturated rings. The molecule has 10 heteroatoms. The summed E-state index contributed by atoms with van der Waals surface area (Å²) in [5.41, 5.74) is 0.737. The number of rotatable bonds is 3. The van der Waals surface area contributed by atoms with Crippen molar-refractivity contribution in [1.29, 1.82) is 0 Å². The van der Waals surface area contributed by atoms with Gasteiger partial charge in [-0.3, -0.25) is 14.8 Å². The highest BCUT2D eigenvalue weighted by atomic mass is 16.3. The predicted octanol–water partition coefficient (Wildman–Crippen LogP) is 0.920. The van der Waals surface area contributed by atoms with Gasteiger partial charge in [-0.25, -0.2) is 14.8 Å². The van der Waals surface area contributed by atoms with Crippen LogP contribution in [0.3, 0.4) is 0 Å². The summed E-state index contributed by atoms with van der Waals surface area (Å²) in [5, 5.41) is 16.0. The van der Waals surface area contributed by atoms with Gasteiger partial charge in [0.15, 0.2) is 5.65 Å². The molecule has 3 heterocycles.